The number of hydrogen-bond acceptors (Lipinski definition) is 6. The Morgan fingerprint density at radius 1 is 0.745 bits per heavy atom. The first-order valence-electron chi connectivity index (χ1n) is 16.2. The summed E-state index contributed by atoms with van der Waals surface area (Å²) in [5.74, 6) is -0.821. The van der Waals surface area contributed by atoms with Crippen molar-refractivity contribution in [2.75, 3.05) is 27.2 Å². The zero-order valence-electron chi connectivity index (χ0n) is 27.4. The topological polar surface area (TPSA) is 140 Å². The maximum Gasteiger partial charge on any atom is 0.251 e. The van der Waals surface area contributed by atoms with Crippen LogP contribution in [-0.4, -0.2) is 68.1 Å². The van der Waals surface area contributed by atoms with Crippen LogP contribution in [0.4, 0.5) is 0 Å². The maximum absolute atomic E-state index is 13.8. The second kappa shape index (κ2) is 17.9. The predicted octanol–water partition coefficient (Wildman–Crippen LogP) is 3.97. The maximum atomic E-state index is 13.8. The van der Waals surface area contributed by atoms with E-state index in [0.717, 1.165) is 33.9 Å². The van der Waals surface area contributed by atoms with Crippen molar-refractivity contribution in [2.24, 2.45) is 11.5 Å². The van der Waals surface area contributed by atoms with Crippen LogP contribution >= 0.6 is 0 Å². The Kier molecular flexibility index (Phi) is 13.5. The van der Waals surface area contributed by atoms with Gasteiger partial charge in [-0.3, -0.25) is 14.4 Å². The molecule has 0 saturated carbocycles. The predicted molar refractivity (Wildman–Crippen MR) is 187 cm³/mol. The van der Waals surface area contributed by atoms with Crippen molar-refractivity contribution in [1.29, 1.82) is 0 Å². The molecule has 0 fully saturated rings. The molecule has 248 valence electrons. The minimum atomic E-state index is -0.902. The van der Waals surface area contributed by atoms with Gasteiger partial charge in [0.2, 0.25) is 11.8 Å². The molecule has 3 amide bonds. The first-order chi connectivity index (χ1) is 22.8. The van der Waals surface area contributed by atoms with Gasteiger partial charge in [0.25, 0.3) is 5.91 Å². The summed E-state index contributed by atoms with van der Waals surface area (Å²) in [6, 6.07) is 30.0. The number of benzene rings is 4. The Bertz CT molecular complexity index is 1610. The molecule has 0 spiro atoms. The number of nitrogens with two attached hydrogens (primary N) is 2. The van der Waals surface area contributed by atoms with Crippen molar-refractivity contribution in [3.63, 3.8) is 0 Å². The van der Waals surface area contributed by atoms with E-state index in [1.54, 1.807) is 26.2 Å². The zero-order valence-corrected chi connectivity index (χ0v) is 27.4. The van der Waals surface area contributed by atoms with E-state index >= 15 is 0 Å². The minimum Gasteiger partial charge on any atom is -0.366 e. The first kappa shape index (κ1) is 35.3. The van der Waals surface area contributed by atoms with Gasteiger partial charge in [-0.25, -0.2) is 0 Å². The molecule has 0 heterocycles. The summed E-state index contributed by atoms with van der Waals surface area (Å²) in [5.41, 5.74) is 14.8. The summed E-state index contributed by atoms with van der Waals surface area (Å²) in [4.78, 5) is 41.8. The average Bonchev–Trinajstić information content (AvgIpc) is 3.09. The SMILES string of the molecule is CN(C)C(=O)C(CCCCN)NC(=O)C(Cc1ccccc1)OCC(Cc1ccc2ccccc2c1)NC(=O)c1cccc(CN)c1. The number of nitrogens with one attached hydrogen (secondary N) is 2. The lowest BCUT2D eigenvalue weighted by molar-refractivity contribution is -0.139. The van der Waals surface area contributed by atoms with Crippen LogP contribution in [-0.2, 0) is 33.7 Å². The summed E-state index contributed by atoms with van der Waals surface area (Å²) in [6.07, 6.45) is 1.81. The fourth-order valence-corrected chi connectivity index (χ4v) is 5.52. The third-order valence-electron chi connectivity index (χ3n) is 8.11. The summed E-state index contributed by atoms with van der Waals surface area (Å²) >= 11 is 0. The van der Waals surface area contributed by atoms with E-state index in [2.05, 4.69) is 34.9 Å². The van der Waals surface area contributed by atoms with Gasteiger partial charge in [-0.2, -0.15) is 0 Å². The van der Waals surface area contributed by atoms with Gasteiger partial charge in [-0.05, 0) is 71.8 Å². The van der Waals surface area contributed by atoms with Crippen molar-refractivity contribution in [1.82, 2.24) is 15.5 Å². The number of amides is 3. The van der Waals surface area contributed by atoms with Crippen LogP contribution in [0.5, 0.6) is 0 Å². The Labute approximate surface area is 277 Å². The second-order valence-corrected chi connectivity index (χ2v) is 12.1. The molecule has 0 aliphatic rings. The number of carbonyl (C=O) groups excluding carboxylic acids is 3. The van der Waals surface area contributed by atoms with Gasteiger partial charge in [0.05, 0.1) is 12.6 Å². The lowest BCUT2D eigenvalue weighted by Crippen LogP contribution is -2.51. The van der Waals surface area contributed by atoms with E-state index in [1.165, 1.54) is 4.90 Å². The first-order valence-corrected chi connectivity index (χ1v) is 16.2. The van der Waals surface area contributed by atoms with Gasteiger partial charge in [-0.15, -0.1) is 0 Å². The van der Waals surface area contributed by atoms with E-state index in [-0.39, 0.29) is 24.3 Å². The lowest BCUT2D eigenvalue weighted by atomic mass is 10.0. The number of ether oxygens (including phenoxy) is 1. The summed E-state index contributed by atoms with van der Waals surface area (Å²) in [7, 11) is 3.34. The van der Waals surface area contributed by atoms with Crippen LogP contribution < -0.4 is 22.1 Å². The Morgan fingerprint density at radius 2 is 1.47 bits per heavy atom. The van der Waals surface area contributed by atoms with E-state index in [0.29, 0.717) is 44.3 Å². The number of rotatable bonds is 17. The number of carbonyl (C=O) groups is 3. The fraction of sp³-hybridized carbons (Fsp3) is 0.342. The van der Waals surface area contributed by atoms with Gasteiger partial charge in [-0.1, -0.05) is 84.9 Å². The largest absolute Gasteiger partial charge is 0.366 e. The third kappa shape index (κ3) is 10.7. The normalized spacial score (nSPS) is 13.0. The van der Waals surface area contributed by atoms with E-state index < -0.39 is 18.2 Å². The van der Waals surface area contributed by atoms with Crippen LogP contribution in [0.15, 0.2) is 97.1 Å². The Balaban J connectivity index is 1.57. The Hall–Kier alpha value is -4.57. The molecule has 0 saturated heterocycles. The molecule has 6 N–H and O–H groups in total. The van der Waals surface area contributed by atoms with Gasteiger partial charge in [0.1, 0.15) is 12.1 Å². The highest BCUT2D eigenvalue weighted by Gasteiger charge is 2.28. The molecule has 47 heavy (non-hydrogen) atoms. The molecule has 9 nitrogen and oxygen atoms in total. The van der Waals surface area contributed by atoms with Gasteiger partial charge >= 0.3 is 0 Å². The smallest absolute Gasteiger partial charge is 0.251 e. The van der Waals surface area contributed by atoms with Crippen LogP contribution in [0.3, 0.4) is 0 Å². The third-order valence-corrected chi connectivity index (χ3v) is 8.11. The molecular formula is C38H47N5O4. The quantitative estimate of drug-likeness (QED) is 0.129. The van der Waals surface area contributed by atoms with E-state index in [4.69, 9.17) is 16.2 Å². The lowest BCUT2D eigenvalue weighted by Gasteiger charge is -2.26. The molecule has 3 unspecified atom stereocenters. The molecule has 3 atom stereocenters. The minimum absolute atomic E-state index is 0.0690. The van der Waals surface area contributed by atoms with Gasteiger partial charge < -0.3 is 31.7 Å². The number of hydrogen-bond donors (Lipinski definition) is 4. The van der Waals surface area contributed by atoms with Crippen molar-refractivity contribution in [3.05, 3.63) is 119 Å². The van der Waals surface area contributed by atoms with Crippen LogP contribution in [0, 0.1) is 0 Å². The number of fused-ring (bicyclic) bond motifs is 1. The summed E-state index contributed by atoms with van der Waals surface area (Å²) < 4.78 is 6.39. The molecule has 0 aromatic heterocycles. The summed E-state index contributed by atoms with van der Waals surface area (Å²) in [5, 5.41) is 8.31. The zero-order chi connectivity index (χ0) is 33.6. The Morgan fingerprint density at radius 3 is 2.19 bits per heavy atom. The molecule has 0 bridgehead atoms. The molecular weight excluding hydrogens is 590 g/mol. The highest BCUT2D eigenvalue weighted by Crippen LogP contribution is 2.18. The van der Waals surface area contributed by atoms with Crippen LogP contribution in [0.25, 0.3) is 10.8 Å². The molecule has 9 heteroatoms. The molecule has 4 aromatic carbocycles. The van der Waals surface area contributed by atoms with Crippen molar-refractivity contribution in [3.8, 4) is 0 Å². The van der Waals surface area contributed by atoms with E-state index in [1.807, 2.05) is 60.7 Å². The van der Waals surface area contributed by atoms with Crippen molar-refractivity contribution < 1.29 is 19.1 Å². The van der Waals surface area contributed by atoms with E-state index in [9.17, 15) is 14.4 Å². The average molecular weight is 638 g/mol. The molecule has 4 aromatic rings. The standard InChI is InChI=1S/C38H47N5O4/c1-43(2)38(46)34(17-8-9-20-39)42-37(45)35(24-27-11-4-3-5-12-27)47-26-33(41-36(44)32-16-10-13-29(22-32)25-40)23-28-18-19-30-14-6-7-15-31(30)21-28/h3-7,10-16,18-19,21-22,33-35H,8-9,17,20,23-26,39-40H2,1-2H3,(H,41,44)(H,42,45). The molecule has 0 aliphatic carbocycles. The fourth-order valence-electron chi connectivity index (χ4n) is 5.52. The number of likely N-dealkylation sites (N-methyl/N-ethyl adjacent to an activating group) is 1. The van der Waals surface area contributed by atoms with Gasteiger partial charge in [0, 0.05) is 32.6 Å². The second-order valence-electron chi connectivity index (χ2n) is 12.1. The van der Waals surface area contributed by atoms with Gasteiger partial charge in [0.15, 0.2) is 0 Å². The monoisotopic (exact) mass is 637 g/mol. The highest BCUT2D eigenvalue weighted by atomic mass is 16.5. The molecule has 4 rings (SSSR count). The van der Waals surface area contributed by atoms with Crippen LogP contribution in [0.1, 0.15) is 46.3 Å². The molecule has 0 aliphatic heterocycles. The summed E-state index contributed by atoms with van der Waals surface area (Å²) in [6.45, 7) is 0.904. The number of unbranched alkanes of at least 4 members (excludes halogenated alkanes) is 1. The highest BCUT2D eigenvalue weighted by molar-refractivity contribution is 5.94. The van der Waals surface area contributed by atoms with Crippen LogP contribution in [0.2, 0.25) is 0 Å². The van der Waals surface area contributed by atoms with Crippen molar-refractivity contribution >= 4 is 28.5 Å². The molecule has 0 radical (unpaired) electrons. The number of nitrogens with zero attached hydrogens (tertiary/aromatic N) is 1. The van der Waals surface area contributed by atoms with Crippen molar-refractivity contribution in [2.45, 2.75) is 56.8 Å².